The van der Waals surface area contributed by atoms with Crippen LogP contribution >= 0.6 is 11.3 Å². The lowest BCUT2D eigenvalue weighted by molar-refractivity contribution is -0.122. The Morgan fingerprint density at radius 1 is 1.31 bits per heavy atom. The Hall–Kier alpha value is -2.19. The predicted octanol–water partition coefficient (Wildman–Crippen LogP) is 1.61. The van der Waals surface area contributed by atoms with E-state index < -0.39 is 0 Å². The monoisotopic (exact) mass is 374 g/mol. The first kappa shape index (κ1) is 17.2. The van der Waals surface area contributed by atoms with Crippen LogP contribution < -0.4 is 5.32 Å². The minimum absolute atomic E-state index is 0.0760. The Morgan fingerprint density at radius 3 is 2.81 bits per heavy atom. The number of nitrogens with one attached hydrogen (secondary N) is 1. The van der Waals surface area contributed by atoms with Crippen LogP contribution in [0.2, 0.25) is 0 Å². The first-order valence-electron chi connectivity index (χ1n) is 8.94. The number of carbonyl (C=O) groups is 2. The third kappa shape index (κ3) is 3.96. The van der Waals surface area contributed by atoms with Gasteiger partial charge in [-0.25, -0.2) is 0 Å². The van der Waals surface area contributed by atoms with Crippen molar-refractivity contribution in [2.45, 2.75) is 31.8 Å². The van der Waals surface area contributed by atoms with Crippen LogP contribution in [0.15, 0.2) is 23.6 Å². The van der Waals surface area contributed by atoms with Crippen LogP contribution in [0, 0.1) is 0 Å². The standard InChI is InChI=1S/C18H22N4O3S/c23-17(19-11-14-2-1-9-26-14)12-22-16(13-3-4-13)10-15(20-22)18(24)21-5-7-25-8-6-21/h1-2,9-10,13H,3-8,11-12H2,(H,19,23). The minimum atomic E-state index is -0.0891. The molecule has 8 heteroatoms. The van der Waals surface area contributed by atoms with E-state index in [4.69, 9.17) is 4.74 Å². The Balaban J connectivity index is 1.43. The normalized spacial score (nSPS) is 17.3. The van der Waals surface area contributed by atoms with Crippen LogP contribution in [0.1, 0.15) is 39.8 Å². The number of thiophene rings is 1. The number of aromatic nitrogens is 2. The quantitative estimate of drug-likeness (QED) is 0.833. The molecule has 2 aromatic heterocycles. The summed E-state index contributed by atoms with van der Waals surface area (Å²) in [5, 5.41) is 9.37. The Kier molecular flexibility index (Phi) is 5.03. The molecule has 1 N–H and O–H groups in total. The average molecular weight is 374 g/mol. The van der Waals surface area contributed by atoms with E-state index in [0.29, 0.717) is 44.5 Å². The molecule has 0 atom stereocenters. The molecule has 2 amide bonds. The van der Waals surface area contributed by atoms with Gasteiger partial charge in [0.2, 0.25) is 5.91 Å². The van der Waals surface area contributed by atoms with Gasteiger partial charge in [-0.1, -0.05) is 6.07 Å². The van der Waals surface area contributed by atoms with Gasteiger partial charge in [0.25, 0.3) is 5.91 Å². The van der Waals surface area contributed by atoms with E-state index >= 15 is 0 Å². The highest BCUT2D eigenvalue weighted by molar-refractivity contribution is 7.09. The average Bonchev–Trinajstić information content (AvgIpc) is 3.21. The number of nitrogens with zero attached hydrogens (tertiary/aromatic N) is 3. The van der Waals surface area contributed by atoms with Gasteiger partial charge in [0.05, 0.1) is 19.8 Å². The van der Waals surface area contributed by atoms with Crippen LogP contribution in [-0.2, 0) is 22.6 Å². The van der Waals surface area contributed by atoms with Crippen molar-refractivity contribution in [1.82, 2.24) is 20.0 Å². The van der Waals surface area contributed by atoms with Crippen molar-refractivity contribution in [2.24, 2.45) is 0 Å². The fourth-order valence-corrected chi connectivity index (χ4v) is 3.73. The Bertz CT molecular complexity index is 776. The highest BCUT2D eigenvalue weighted by Crippen LogP contribution is 2.40. The lowest BCUT2D eigenvalue weighted by Crippen LogP contribution is -2.40. The number of ether oxygens (including phenoxy) is 1. The van der Waals surface area contributed by atoms with Crippen LogP contribution in [0.4, 0.5) is 0 Å². The van der Waals surface area contributed by atoms with Crippen LogP contribution in [0.5, 0.6) is 0 Å². The number of morpholine rings is 1. The molecule has 1 saturated carbocycles. The molecule has 1 saturated heterocycles. The van der Waals surface area contributed by atoms with Gasteiger partial charge in [-0.05, 0) is 30.4 Å². The number of amides is 2. The summed E-state index contributed by atoms with van der Waals surface area (Å²) in [5.74, 6) is 0.251. The SMILES string of the molecule is O=C(Cn1nc(C(=O)N2CCOCC2)cc1C1CC1)NCc1cccs1. The highest BCUT2D eigenvalue weighted by Gasteiger charge is 2.31. The van der Waals surface area contributed by atoms with E-state index in [0.717, 1.165) is 23.4 Å². The third-order valence-electron chi connectivity index (χ3n) is 4.66. The van der Waals surface area contributed by atoms with E-state index in [1.54, 1.807) is 20.9 Å². The molecule has 1 aliphatic carbocycles. The first-order chi connectivity index (χ1) is 12.7. The fourth-order valence-electron chi connectivity index (χ4n) is 3.09. The van der Waals surface area contributed by atoms with Crippen molar-refractivity contribution in [2.75, 3.05) is 26.3 Å². The molecule has 4 rings (SSSR count). The molecule has 3 heterocycles. The van der Waals surface area contributed by atoms with Crippen molar-refractivity contribution >= 4 is 23.2 Å². The fraction of sp³-hybridized carbons (Fsp3) is 0.500. The third-order valence-corrected chi connectivity index (χ3v) is 5.53. The zero-order valence-electron chi connectivity index (χ0n) is 14.5. The van der Waals surface area contributed by atoms with Gasteiger partial charge >= 0.3 is 0 Å². The van der Waals surface area contributed by atoms with E-state index in [1.165, 1.54) is 0 Å². The lowest BCUT2D eigenvalue weighted by Gasteiger charge is -2.25. The molecule has 2 fully saturated rings. The maximum absolute atomic E-state index is 12.7. The summed E-state index contributed by atoms with van der Waals surface area (Å²) in [6, 6.07) is 5.82. The highest BCUT2D eigenvalue weighted by atomic mass is 32.1. The van der Waals surface area contributed by atoms with Gasteiger partial charge in [-0.3, -0.25) is 14.3 Å². The maximum Gasteiger partial charge on any atom is 0.274 e. The van der Waals surface area contributed by atoms with E-state index in [9.17, 15) is 9.59 Å². The van der Waals surface area contributed by atoms with Crippen molar-refractivity contribution in [1.29, 1.82) is 0 Å². The largest absolute Gasteiger partial charge is 0.378 e. The summed E-state index contributed by atoms with van der Waals surface area (Å²) in [4.78, 5) is 27.9. The first-order valence-corrected chi connectivity index (χ1v) is 9.82. The van der Waals surface area contributed by atoms with Crippen LogP contribution in [0.3, 0.4) is 0 Å². The van der Waals surface area contributed by atoms with E-state index in [2.05, 4.69) is 10.4 Å². The maximum atomic E-state index is 12.7. The Labute approximate surface area is 155 Å². The second-order valence-electron chi connectivity index (χ2n) is 6.65. The van der Waals surface area contributed by atoms with Gasteiger partial charge < -0.3 is 15.0 Å². The predicted molar refractivity (Wildman–Crippen MR) is 97.1 cm³/mol. The molecule has 7 nitrogen and oxygen atoms in total. The van der Waals surface area contributed by atoms with Gasteiger partial charge in [-0.2, -0.15) is 5.10 Å². The van der Waals surface area contributed by atoms with Gasteiger partial charge in [0, 0.05) is 29.6 Å². The smallest absolute Gasteiger partial charge is 0.274 e. The summed E-state index contributed by atoms with van der Waals surface area (Å²) < 4.78 is 7.00. The molecule has 2 aliphatic rings. The summed E-state index contributed by atoms with van der Waals surface area (Å²) in [6.45, 7) is 2.97. The summed E-state index contributed by atoms with van der Waals surface area (Å²) in [7, 11) is 0. The van der Waals surface area contributed by atoms with E-state index in [1.807, 2.05) is 23.6 Å². The molecule has 0 unspecified atom stereocenters. The van der Waals surface area contributed by atoms with Crippen molar-refractivity contribution < 1.29 is 14.3 Å². The molecule has 0 bridgehead atoms. The van der Waals surface area contributed by atoms with Crippen LogP contribution in [-0.4, -0.2) is 52.8 Å². The molecular weight excluding hydrogens is 352 g/mol. The number of hydrogen-bond donors (Lipinski definition) is 1. The molecular formula is C18H22N4O3S. The van der Waals surface area contributed by atoms with Gasteiger partial charge in [0.1, 0.15) is 6.54 Å². The van der Waals surface area contributed by atoms with Crippen molar-refractivity contribution in [3.8, 4) is 0 Å². The molecule has 0 radical (unpaired) electrons. The van der Waals surface area contributed by atoms with Crippen molar-refractivity contribution in [3.05, 3.63) is 39.8 Å². The molecule has 138 valence electrons. The van der Waals surface area contributed by atoms with Crippen molar-refractivity contribution in [3.63, 3.8) is 0 Å². The van der Waals surface area contributed by atoms with E-state index in [-0.39, 0.29) is 18.4 Å². The number of rotatable bonds is 6. The topological polar surface area (TPSA) is 76.5 Å². The van der Waals surface area contributed by atoms with Gasteiger partial charge in [0.15, 0.2) is 5.69 Å². The number of hydrogen-bond acceptors (Lipinski definition) is 5. The van der Waals surface area contributed by atoms with Crippen LogP contribution in [0.25, 0.3) is 0 Å². The molecule has 2 aromatic rings. The minimum Gasteiger partial charge on any atom is -0.378 e. The summed E-state index contributed by atoms with van der Waals surface area (Å²) >= 11 is 1.62. The summed E-state index contributed by atoms with van der Waals surface area (Å²) in [6.07, 6.45) is 2.18. The molecule has 0 spiro atoms. The molecule has 0 aromatic carbocycles. The zero-order valence-corrected chi connectivity index (χ0v) is 15.3. The lowest BCUT2D eigenvalue weighted by atomic mass is 10.2. The Morgan fingerprint density at radius 2 is 2.12 bits per heavy atom. The molecule has 26 heavy (non-hydrogen) atoms. The number of carbonyl (C=O) groups excluding carboxylic acids is 2. The zero-order chi connectivity index (χ0) is 17.9. The molecule has 1 aliphatic heterocycles. The second kappa shape index (κ2) is 7.59. The second-order valence-corrected chi connectivity index (χ2v) is 7.68. The summed E-state index contributed by atoms with van der Waals surface area (Å²) in [5.41, 5.74) is 1.42. The van der Waals surface area contributed by atoms with Gasteiger partial charge in [-0.15, -0.1) is 11.3 Å².